The fourth-order valence-corrected chi connectivity index (χ4v) is 0.530. The molecule has 0 aliphatic carbocycles. The van der Waals surface area contributed by atoms with Crippen LogP contribution in [0.1, 0.15) is 0 Å². The van der Waals surface area contributed by atoms with Gasteiger partial charge in [0, 0.05) is 7.05 Å². The molecule has 1 aromatic rings. The number of oxazole rings is 1. The van der Waals surface area contributed by atoms with Gasteiger partial charge < -0.3 is 4.42 Å². The van der Waals surface area contributed by atoms with Crippen molar-refractivity contribution in [2.24, 2.45) is 7.05 Å². The van der Waals surface area contributed by atoms with E-state index in [-0.39, 0.29) is 0 Å². The summed E-state index contributed by atoms with van der Waals surface area (Å²) >= 11 is 0. The molecule has 9 heavy (non-hydrogen) atoms. The van der Waals surface area contributed by atoms with E-state index in [1.807, 2.05) is 0 Å². The smallest absolute Gasteiger partial charge is 0.408 e. The third kappa shape index (κ3) is 0.700. The van der Waals surface area contributed by atoms with Crippen molar-refractivity contribution in [1.29, 1.82) is 0 Å². The van der Waals surface area contributed by atoms with Gasteiger partial charge in [0.05, 0.1) is 5.35 Å². The Morgan fingerprint density at radius 1 is 1.56 bits per heavy atom. The van der Waals surface area contributed by atoms with Gasteiger partial charge in [0.1, 0.15) is 5.42 Å². The summed E-state index contributed by atoms with van der Waals surface area (Å²) < 4.78 is 5.89. The number of hydrogen-bond donors (Lipinski definition) is 0. The minimum Gasteiger partial charge on any atom is -0.408 e. The Bertz CT molecular complexity index is 357. The molecule has 0 fully saturated rings. The van der Waals surface area contributed by atoms with E-state index in [0.29, 0.717) is 10.8 Å². The van der Waals surface area contributed by atoms with Gasteiger partial charge in [-0.3, -0.25) is 4.57 Å². The van der Waals surface area contributed by atoms with Crippen molar-refractivity contribution < 1.29 is 4.42 Å². The lowest BCUT2D eigenvalue weighted by molar-refractivity contribution is 0.471. The Labute approximate surface area is 51.5 Å². The second-order valence-corrected chi connectivity index (χ2v) is 1.80. The van der Waals surface area contributed by atoms with Gasteiger partial charge in [-0.1, -0.05) is 13.2 Å². The molecule has 3 nitrogen and oxygen atoms in total. The highest BCUT2D eigenvalue weighted by atomic mass is 16.4. The van der Waals surface area contributed by atoms with Gasteiger partial charge in [0.2, 0.25) is 0 Å². The Balaban J connectivity index is 3.90. The first kappa shape index (κ1) is 5.88. The quantitative estimate of drug-likeness (QED) is 0.436. The predicted molar refractivity (Wildman–Crippen MR) is 34.2 cm³/mol. The molecule has 1 heterocycles. The maximum absolute atomic E-state index is 10.6. The molecule has 0 saturated carbocycles. The van der Waals surface area contributed by atoms with Gasteiger partial charge in [-0.05, 0) is 0 Å². The third-order valence-corrected chi connectivity index (χ3v) is 1.21. The summed E-state index contributed by atoms with van der Waals surface area (Å²) in [4.78, 5) is 10.6. The molecule has 0 unspecified atom stereocenters. The van der Waals surface area contributed by atoms with Crippen LogP contribution in [0.3, 0.4) is 0 Å². The minimum absolute atomic E-state index is 0.336. The second kappa shape index (κ2) is 1.62. The second-order valence-electron chi connectivity index (χ2n) is 1.80. The van der Waals surface area contributed by atoms with Crippen molar-refractivity contribution in [2.75, 3.05) is 0 Å². The average Bonchev–Trinajstić information content (AvgIpc) is 1.98. The van der Waals surface area contributed by atoms with Crippen molar-refractivity contribution in [3.8, 4) is 0 Å². The van der Waals surface area contributed by atoms with Crippen molar-refractivity contribution in [2.45, 2.75) is 0 Å². The number of rotatable bonds is 0. The van der Waals surface area contributed by atoms with Crippen LogP contribution in [0.5, 0.6) is 0 Å². The van der Waals surface area contributed by atoms with E-state index in [9.17, 15) is 4.79 Å². The Hall–Kier alpha value is -1.25. The largest absolute Gasteiger partial charge is 0.419 e. The van der Waals surface area contributed by atoms with Gasteiger partial charge in [0.15, 0.2) is 0 Å². The zero-order valence-corrected chi connectivity index (χ0v) is 5.18. The summed E-state index contributed by atoms with van der Waals surface area (Å²) in [6, 6.07) is 0. The van der Waals surface area contributed by atoms with Crippen LogP contribution < -0.4 is 16.5 Å². The maximum Gasteiger partial charge on any atom is 0.419 e. The highest BCUT2D eigenvalue weighted by Crippen LogP contribution is 1.51. The summed E-state index contributed by atoms with van der Waals surface area (Å²) in [6.45, 7) is 7.00. The maximum atomic E-state index is 10.6. The molecule has 1 aromatic heterocycles. The standard InChI is InChI=1S/C6H7NO2/c1-4-5(2)9-6(8)7(4)3/h1-2H2,3H3. The van der Waals surface area contributed by atoms with Crippen LogP contribution in [0.25, 0.3) is 13.2 Å². The SMILES string of the molecule is C=c1oc(=O)n(C)c1=C. The van der Waals surface area contributed by atoms with E-state index in [1.54, 1.807) is 7.05 Å². The van der Waals surface area contributed by atoms with Gasteiger partial charge in [-0.2, -0.15) is 0 Å². The van der Waals surface area contributed by atoms with Crippen molar-refractivity contribution >= 4 is 13.2 Å². The lowest BCUT2D eigenvalue weighted by Gasteiger charge is -1.78. The first-order chi connectivity index (χ1) is 4.13. The molecule has 0 spiro atoms. The summed E-state index contributed by atoms with van der Waals surface area (Å²) in [5, 5.41) is 0.528. The molecule has 0 N–H and O–H groups in total. The van der Waals surface area contributed by atoms with E-state index >= 15 is 0 Å². The fraction of sp³-hybridized carbons (Fsp3) is 0.167. The van der Waals surface area contributed by atoms with Crippen molar-refractivity contribution in [3.05, 3.63) is 21.3 Å². The molecule has 3 heteroatoms. The highest BCUT2D eigenvalue weighted by molar-refractivity contribution is 5.00. The lowest BCUT2D eigenvalue weighted by atomic mass is 10.6. The lowest BCUT2D eigenvalue weighted by Crippen LogP contribution is -2.27. The molecule has 0 saturated heterocycles. The monoisotopic (exact) mass is 125 g/mol. The van der Waals surface area contributed by atoms with Crippen LogP contribution in [-0.4, -0.2) is 4.57 Å². The molecular weight excluding hydrogens is 118 g/mol. The number of aromatic nitrogens is 1. The Kier molecular flexibility index (Phi) is 1.06. The Morgan fingerprint density at radius 2 is 2.11 bits per heavy atom. The summed E-state index contributed by atoms with van der Waals surface area (Å²) in [5.74, 6) is -0.412. The summed E-state index contributed by atoms with van der Waals surface area (Å²) in [7, 11) is 1.59. The molecule has 0 aromatic carbocycles. The highest BCUT2D eigenvalue weighted by Gasteiger charge is 1.93. The van der Waals surface area contributed by atoms with Crippen molar-refractivity contribution in [3.63, 3.8) is 0 Å². The first-order valence-corrected chi connectivity index (χ1v) is 2.46. The third-order valence-electron chi connectivity index (χ3n) is 1.21. The van der Waals surface area contributed by atoms with Crippen LogP contribution in [0.2, 0.25) is 0 Å². The Morgan fingerprint density at radius 3 is 2.22 bits per heavy atom. The molecule has 0 aliphatic heterocycles. The van der Waals surface area contributed by atoms with Crippen LogP contribution in [-0.2, 0) is 7.05 Å². The van der Waals surface area contributed by atoms with Crippen LogP contribution in [0.4, 0.5) is 0 Å². The van der Waals surface area contributed by atoms with E-state index in [1.165, 1.54) is 4.57 Å². The zero-order valence-electron chi connectivity index (χ0n) is 5.18. The number of nitrogens with zero attached hydrogens (tertiary/aromatic N) is 1. The first-order valence-electron chi connectivity index (χ1n) is 2.46. The van der Waals surface area contributed by atoms with E-state index in [4.69, 9.17) is 0 Å². The molecule has 0 atom stereocenters. The molecule has 48 valence electrons. The van der Waals surface area contributed by atoms with Gasteiger partial charge >= 0.3 is 5.76 Å². The predicted octanol–water partition coefficient (Wildman–Crippen LogP) is -1.20. The van der Waals surface area contributed by atoms with Crippen LogP contribution >= 0.6 is 0 Å². The molecule has 0 aliphatic rings. The van der Waals surface area contributed by atoms with E-state index in [2.05, 4.69) is 17.6 Å². The number of hydrogen-bond acceptors (Lipinski definition) is 2. The summed E-state index contributed by atoms with van der Waals surface area (Å²) in [5.41, 5.74) is 0.336. The minimum atomic E-state index is -0.412. The van der Waals surface area contributed by atoms with Crippen molar-refractivity contribution in [1.82, 2.24) is 4.57 Å². The van der Waals surface area contributed by atoms with Crippen LogP contribution in [0.15, 0.2) is 9.21 Å². The van der Waals surface area contributed by atoms with E-state index in [0.717, 1.165) is 0 Å². The normalized spacial score (nSPS) is 9.89. The molecular formula is C6H7NO2. The molecule has 0 amide bonds. The van der Waals surface area contributed by atoms with Crippen LogP contribution in [0, 0.1) is 0 Å². The van der Waals surface area contributed by atoms with Gasteiger partial charge in [0.25, 0.3) is 0 Å². The molecule has 0 radical (unpaired) electrons. The topological polar surface area (TPSA) is 35.1 Å². The van der Waals surface area contributed by atoms with Gasteiger partial charge in [-0.25, -0.2) is 4.79 Å². The fourth-order valence-electron chi connectivity index (χ4n) is 0.530. The van der Waals surface area contributed by atoms with Gasteiger partial charge in [-0.15, -0.1) is 0 Å². The molecule has 1 rings (SSSR count). The van der Waals surface area contributed by atoms with E-state index < -0.39 is 5.76 Å². The zero-order chi connectivity index (χ0) is 7.02. The average molecular weight is 125 g/mol. The summed E-state index contributed by atoms with van der Waals surface area (Å²) in [6.07, 6.45) is 0. The molecule has 0 bridgehead atoms.